The van der Waals surface area contributed by atoms with Gasteiger partial charge in [0.1, 0.15) is 5.82 Å². The highest BCUT2D eigenvalue weighted by Gasteiger charge is 2.28. The van der Waals surface area contributed by atoms with Crippen molar-refractivity contribution in [2.24, 2.45) is 7.05 Å². The molecule has 0 bridgehead atoms. The van der Waals surface area contributed by atoms with Crippen LogP contribution in [0.3, 0.4) is 0 Å². The largest absolute Gasteiger partial charge is 0.339 e. The number of para-hydroxylation sites is 2. The summed E-state index contributed by atoms with van der Waals surface area (Å²) >= 11 is 0. The number of rotatable bonds is 4. The van der Waals surface area contributed by atoms with Crippen LogP contribution >= 0.6 is 0 Å². The lowest BCUT2D eigenvalue weighted by Crippen LogP contribution is -2.45. The Morgan fingerprint density at radius 3 is 2.96 bits per heavy atom. The van der Waals surface area contributed by atoms with E-state index in [9.17, 15) is 4.79 Å². The van der Waals surface area contributed by atoms with Crippen molar-refractivity contribution in [2.45, 2.75) is 38.6 Å². The van der Waals surface area contributed by atoms with E-state index in [0.29, 0.717) is 24.7 Å². The van der Waals surface area contributed by atoms with Gasteiger partial charge in [-0.2, -0.15) is 4.98 Å². The monoisotopic (exact) mass is 368 g/mol. The van der Waals surface area contributed by atoms with Crippen LogP contribution < -0.4 is 5.32 Å². The fraction of sp³-hybridized carbons (Fsp3) is 0.474. The van der Waals surface area contributed by atoms with E-state index in [2.05, 4.69) is 26.1 Å². The van der Waals surface area contributed by atoms with E-state index >= 15 is 0 Å². The number of benzene rings is 1. The van der Waals surface area contributed by atoms with Crippen molar-refractivity contribution < 1.29 is 9.32 Å². The number of imidazole rings is 1. The molecule has 1 aliphatic rings. The van der Waals surface area contributed by atoms with E-state index in [4.69, 9.17) is 9.51 Å². The second-order valence-electron chi connectivity index (χ2n) is 6.92. The van der Waals surface area contributed by atoms with Crippen molar-refractivity contribution >= 4 is 17.1 Å². The van der Waals surface area contributed by atoms with Crippen LogP contribution in [0.4, 0.5) is 4.79 Å². The van der Waals surface area contributed by atoms with Crippen LogP contribution in [-0.4, -0.2) is 43.7 Å². The number of hydrogen-bond donors (Lipinski definition) is 1. The summed E-state index contributed by atoms with van der Waals surface area (Å²) in [6.45, 7) is 3.63. The zero-order chi connectivity index (χ0) is 18.8. The molecule has 0 unspecified atom stereocenters. The van der Waals surface area contributed by atoms with Crippen LogP contribution in [0.1, 0.15) is 43.2 Å². The minimum absolute atomic E-state index is 0.0960. The molecular weight excluding hydrogens is 344 g/mol. The average molecular weight is 368 g/mol. The molecule has 8 heteroatoms. The third-order valence-electron chi connectivity index (χ3n) is 5.11. The van der Waals surface area contributed by atoms with Gasteiger partial charge in [-0.1, -0.05) is 24.2 Å². The number of urea groups is 1. The predicted molar refractivity (Wildman–Crippen MR) is 100 cm³/mol. The third-order valence-corrected chi connectivity index (χ3v) is 5.11. The number of aryl methyl sites for hydroxylation is 2. The smallest absolute Gasteiger partial charge is 0.317 e. The van der Waals surface area contributed by atoms with Crippen molar-refractivity contribution in [3.05, 3.63) is 41.8 Å². The third kappa shape index (κ3) is 3.51. The minimum atomic E-state index is -0.0960. The summed E-state index contributed by atoms with van der Waals surface area (Å²) in [5.41, 5.74) is 2.12. The molecule has 0 saturated carbocycles. The van der Waals surface area contributed by atoms with Crippen molar-refractivity contribution in [3.63, 3.8) is 0 Å². The number of hydrogen-bond acceptors (Lipinski definition) is 5. The first-order valence-corrected chi connectivity index (χ1v) is 9.41. The van der Waals surface area contributed by atoms with Gasteiger partial charge in [-0.3, -0.25) is 0 Å². The fourth-order valence-electron chi connectivity index (χ4n) is 3.67. The van der Waals surface area contributed by atoms with Crippen molar-refractivity contribution in [2.75, 3.05) is 13.1 Å². The lowest BCUT2D eigenvalue weighted by atomic mass is 9.97. The number of aromatic nitrogens is 4. The number of fused-ring (bicyclic) bond motifs is 1. The molecule has 2 amide bonds. The molecule has 0 spiro atoms. The van der Waals surface area contributed by atoms with Gasteiger partial charge in [0.15, 0.2) is 5.82 Å². The van der Waals surface area contributed by atoms with Crippen molar-refractivity contribution in [3.8, 4) is 0 Å². The molecular formula is C19H24N6O2. The highest BCUT2D eigenvalue weighted by molar-refractivity contribution is 5.76. The van der Waals surface area contributed by atoms with Crippen molar-refractivity contribution in [1.29, 1.82) is 0 Å². The van der Waals surface area contributed by atoms with E-state index in [1.165, 1.54) is 0 Å². The molecule has 1 saturated heterocycles. The average Bonchev–Trinajstić information content (AvgIpc) is 3.31. The Kier molecular flexibility index (Phi) is 4.79. The van der Waals surface area contributed by atoms with Gasteiger partial charge in [-0.05, 0) is 25.0 Å². The number of likely N-dealkylation sites (tertiary alicyclic amines) is 1. The Labute approximate surface area is 157 Å². The minimum Gasteiger partial charge on any atom is -0.339 e. The second-order valence-corrected chi connectivity index (χ2v) is 6.92. The molecule has 3 heterocycles. The summed E-state index contributed by atoms with van der Waals surface area (Å²) in [6, 6.07) is 8.04. The lowest BCUT2D eigenvalue weighted by molar-refractivity contribution is 0.177. The lowest BCUT2D eigenvalue weighted by Gasteiger charge is -2.32. The summed E-state index contributed by atoms with van der Waals surface area (Å²) < 4.78 is 7.22. The van der Waals surface area contributed by atoms with Crippen LogP contribution in [0.5, 0.6) is 0 Å². The normalized spacial score (nSPS) is 17.4. The zero-order valence-corrected chi connectivity index (χ0v) is 15.7. The molecule has 2 aromatic heterocycles. The maximum absolute atomic E-state index is 12.6. The number of piperidine rings is 1. The first kappa shape index (κ1) is 17.5. The summed E-state index contributed by atoms with van der Waals surface area (Å²) in [4.78, 5) is 23.5. The molecule has 4 rings (SSSR count). The van der Waals surface area contributed by atoms with Gasteiger partial charge in [-0.25, -0.2) is 9.78 Å². The predicted octanol–water partition coefficient (Wildman–Crippen LogP) is 2.61. The maximum atomic E-state index is 12.6. The molecule has 1 N–H and O–H groups in total. The van der Waals surface area contributed by atoms with E-state index in [1.54, 1.807) is 0 Å². The van der Waals surface area contributed by atoms with Crippen LogP contribution in [0, 0.1) is 0 Å². The topological polar surface area (TPSA) is 89.1 Å². The van der Waals surface area contributed by atoms with Gasteiger partial charge in [0, 0.05) is 32.5 Å². The van der Waals surface area contributed by atoms with E-state index < -0.39 is 0 Å². The maximum Gasteiger partial charge on any atom is 0.317 e. The van der Waals surface area contributed by atoms with Gasteiger partial charge >= 0.3 is 6.03 Å². The molecule has 1 fully saturated rings. The van der Waals surface area contributed by atoms with Gasteiger partial charge < -0.3 is 19.3 Å². The highest BCUT2D eigenvalue weighted by atomic mass is 16.5. The summed E-state index contributed by atoms with van der Waals surface area (Å²) in [5.74, 6) is 2.36. The number of carbonyl (C=O) groups excluding carboxylic acids is 1. The molecule has 1 aromatic carbocycles. The van der Waals surface area contributed by atoms with Gasteiger partial charge in [0.25, 0.3) is 0 Å². The Hall–Kier alpha value is -2.90. The second kappa shape index (κ2) is 7.38. The number of carbonyl (C=O) groups is 1. The molecule has 142 valence electrons. The molecule has 3 aromatic rings. The SMILES string of the molecule is CCc1nc(CNC(=O)N2CCC[C@H](c3nc4ccccc4n3C)C2)no1. The summed E-state index contributed by atoms with van der Waals surface area (Å²) in [7, 11) is 2.05. The van der Waals surface area contributed by atoms with E-state index in [1.807, 2.05) is 37.1 Å². The highest BCUT2D eigenvalue weighted by Crippen LogP contribution is 2.28. The Morgan fingerprint density at radius 2 is 2.19 bits per heavy atom. The molecule has 0 aliphatic carbocycles. The van der Waals surface area contributed by atoms with E-state index in [0.717, 1.165) is 36.2 Å². The quantitative estimate of drug-likeness (QED) is 0.765. The summed E-state index contributed by atoms with van der Waals surface area (Å²) in [6.07, 6.45) is 2.68. The Balaban J connectivity index is 1.42. The van der Waals surface area contributed by atoms with Crippen LogP contribution in [-0.2, 0) is 20.0 Å². The Bertz CT molecular complexity index is 947. The van der Waals surface area contributed by atoms with Crippen LogP contribution in [0.25, 0.3) is 11.0 Å². The standard InChI is InChI=1S/C19H24N6O2/c1-3-17-22-16(23-27-17)11-20-19(26)25-10-6-7-13(12-25)18-21-14-8-4-5-9-15(14)24(18)2/h4-5,8-9,13H,3,6-7,10-12H2,1-2H3,(H,20,26)/t13-/m0/s1. The molecule has 1 atom stereocenters. The molecule has 0 radical (unpaired) electrons. The number of nitrogens with zero attached hydrogens (tertiary/aromatic N) is 5. The molecule has 1 aliphatic heterocycles. The first-order chi connectivity index (χ1) is 13.2. The van der Waals surface area contributed by atoms with Gasteiger partial charge in [0.05, 0.1) is 17.6 Å². The zero-order valence-electron chi connectivity index (χ0n) is 15.7. The van der Waals surface area contributed by atoms with Gasteiger partial charge in [-0.15, -0.1) is 0 Å². The first-order valence-electron chi connectivity index (χ1n) is 9.41. The van der Waals surface area contributed by atoms with Crippen molar-refractivity contribution in [1.82, 2.24) is 29.9 Å². The molecule has 27 heavy (non-hydrogen) atoms. The van der Waals surface area contributed by atoms with Crippen LogP contribution in [0.2, 0.25) is 0 Å². The van der Waals surface area contributed by atoms with Gasteiger partial charge in [0.2, 0.25) is 5.89 Å². The number of amides is 2. The summed E-state index contributed by atoms with van der Waals surface area (Å²) in [5, 5.41) is 6.76. The molecule has 8 nitrogen and oxygen atoms in total. The number of nitrogens with one attached hydrogen (secondary N) is 1. The van der Waals surface area contributed by atoms with E-state index in [-0.39, 0.29) is 18.5 Å². The fourth-order valence-corrected chi connectivity index (χ4v) is 3.67. The van der Waals surface area contributed by atoms with Crippen LogP contribution in [0.15, 0.2) is 28.8 Å². The Morgan fingerprint density at radius 1 is 1.33 bits per heavy atom.